The van der Waals surface area contributed by atoms with Crippen molar-refractivity contribution in [3.05, 3.63) is 247 Å². The minimum atomic E-state index is -0.711. The normalized spacial score (nSPS) is 16.8. The Balaban J connectivity index is 0.00000931. The van der Waals surface area contributed by atoms with Gasteiger partial charge >= 0.3 is 0 Å². The molecule has 5 nitrogen and oxygen atoms in total. The number of para-hydroxylation sites is 3. The van der Waals surface area contributed by atoms with Crippen LogP contribution in [0.15, 0.2) is 200 Å². The zero-order valence-electron chi connectivity index (χ0n) is 64.1. The van der Waals surface area contributed by atoms with Crippen LogP contribution in [0.2, 0.25) is 0 Å². The van der Waals surface area contributed by atoms with Crippen molar-refractivity contribution in [3.8, 4) is 61.8 Å². The minimum absolute atomic E-state index is 0. The van der Waals surface area contributed by atoms with Gasteiger partial charge in [0.25, 0.3) is 0 Å². The number of rotatable bonds is 9. The summed E-state index contributed by atoms with van der Waals surface area (Å²) in [6.07, 6.45) is 3.48. The Bertz CT molecular complexity index is 5130. The maximum Gasteiger partial charge on any atom is 0.135 e. The van der Waals surface area contributed by atoms with Gasteiger partial charge in [-0.3, -0.25) is 0 Å². The van der Waals surface area contributed by atoms with Crippen LogP contribution in [-0.2, 0) is 48.1 Å². The molecule has 2 aliphatic rings. The van der Waals surface area contributed by atoms with Crippen LogP contribution in [0.4, 0.5) is 22.7 Å². The Morgan fingerprint density at radius 2 is 1.14 bits per heavy atom. The van der Waals surface area contributed by atoms with E-state index in [0.717, 1.165) is 46.5 Å². The average Bonchev–Trinajstić information content (AvgIpc) is 1.53. The van der Waals surface area contributed by atoms with Crippen LogP contribution in [0.5, 0.6) is 11.5 Å². The molecular formula is C80H77N4OPt-3. The zero-order chi connectivity index (χ0) is 70.7. The summed E-state index contributed by atoms with van der Waals surface area (Å²) < 4.78 is 128. The number of hydrogen-bond acceptors (Lipinski definition) is 4. The Morgan fingerprint density at radius 1 is 0.512 bits per heavy atom. The van der Waals surface area contributed by atoms with E-state index in [2.05, 4.69) is 111 Å². The first-order valence-electron chi connectivity index (χ1n) is 35.7. The van der Waals surface area contributed by atoms with E-state index < -0.39 is 41.0 Å². The number of nitrogens with zero attached hydrogens (tertiary/aromatic N) is 4. The summed E-state index contributed by atoms with van der Waals surface area (Å²) in [6.45, 7) is 29.8. The van der Waals surface area contributed by atoms with Gasteiger partial charge in [-0.25, -0.2) is 4.98 Å². The second-order valence-electron chi connectivity index (χ2n) is 27.1. The molecule has 0 radical (unpaired) electrons. The van der Waals surface area contributed by atoms with Gasteiger partial charge < -0.3 is 19.1 Å². The molecule has 0 saturated carbocycles. The molecule has 0 saturated heterocycles. The maximum absolute atomic E-state index is 10.1. The van der Waals surface area contributed by atoms with Crippen LogP contribution in [0.3, 0.4) is 0 Å². The van der Waals surface area contributed by atoms with Crippen molar-refractivity contribution in [2.75, 3.05) is 9.80 Å². The van der Waals surface area contributed by atoms with E-state index in [4.69, 9.17) is 19.3 Å². The van der Waals surface area contributed by atoms with Crippen LogP contribution in [-0.4, -0.2) is 9.55 Å². The first-order valence-corrected chi connectivity index (χ1v) is 29.2. The summed E-state index contributed by atoms with van der Waals surface area (Å²) in [5, 5.41) is 0.654. The monoisotopic (exact) mass is 1320 g/mol. The molecule has 1 aliphatic carbocycles. The van der Waals surface area contributed by atoms with Gasteiger partial charge in [0.1, 0.15) is 5.82 Å². The van der Waals surface area contributed by atoms with Crippen LogP contribution in [0.25, 0.3) is 72.1 Å². The maximum atomic E-state index is 10.1. The van der Waals surface area contributed by atoms with Crippen LogP contribution < -0.4 is 14.5 Å². The van der Waals surface area contributed by atoms with Gasteiger partial charge in [0, 0.05) is 78.0 Å². The van der Waals surface area contributed by atoms with Crippen molar-refractivity contribution in [1.82, 2.24) is 9.55 Å². The van der Waals surface area contributed by atoms with Gasteiger partial charge in [-0.05, 0) is 137 Å². The summed E-state index contributed by atoms with van der Waals surface area (Å²) >= 11 is 0. The Kier molecular flexibility index (Phi) is 11.3. The Hall–Kier alpha value is -7.98. The van der Waals surface area contributed by atoms with E-state index in [1.54, 1.807) is 28.8 Å². The first kappa shape index (κ1) is 44.5. The van der Waals surface area contributed by atoms with Crippen molar-refractivity contribution in [1.29, 1.82) is 0 Å². The summed E-state index contributed by atoms with van der Waals surface area (Å²) in [6, 6.07) is 40.0. The molecule has 3 heterocycles. The molecule has 2 aromatic heterocycles. The zero-order valence-corrected chi connectivity index (χ0v) is 53.3. The summed E-state index contributed by atoms with van der Waals surface area (Å²) in [7, 11) is 0. The van der Waals surface area contributed by atoms with E-state index in [1.807, 2.05) is 99.1 Å². The molecule has 0 N–H and O–H groups in total. The fourth-order valence-corrected chi connectivity index (χ4v) is 12.1. The van der Waals surface area contributed by atoms with E-state index >= 15 is 0 Å². The van der Waals surface area contributed by atoms with Crippen molar-refractivity contribution in [2.45, 2.75) is 130 Å². The van der Waals surface area contributed by atoms with Crippen molar-refractivity contribution in [2.24, 2.45) is 0 Å². The number of anilines is 4. The number of pyridine rings is 1. The second-order valence-corrected chi connectivity index (χ2v) is 27.1. The van der Waals surface area contributed by atoms with E-state index in [1.165, 1.54) is 17.3 Å². The van der Waals surface area contributed by atoms with Crippen molar-refractivity contribution in [3.63, 3.8) is 0 Å². The largest absolute Gasteiger partial charge is 0.509 e. The smallest absolute Gasteiger partial charge is 0.135 e. The van der Waals surface area contributed by atoms with E-state index in [0.29, 0.717) is 44.5 Å². The summed E-state index contributed by atoms with van der Waals surface area (Å²) in [5.74, 6) is 0.724. The summed E-state index contributed by atoms with van der Waals surface area (Å²) in [4.78, 5) is 8.96. The minimum Gasteiger partial charge on any atom is -0.509 e. The van der Waals surface area contributed by atoms with Gasteiger partial charge in [0.2, 0.25) is 0 Å². The molecule has 0 atom stereocenters. The number of ether oxygens (including phenoxy) is 1. The SMILES string of the molecule is [2H]c1c([2H])c([2H])c(-c2cnc(-n3c4[c-]c(Oc5[c-]c(N6[CH-]N(c7c(-c8ccc9c(c8)C(C)(C)CCC9(C)C)cc(C(C)(C)C)cc7-c7c([2H])c([2H])c(-c8cccc(C(C)(C)C)c8)c([2H])c7[2H])c7ccccc76)ccc5)ccc4c4c([2H])c([2H])c([2H])c([2H])c43)cc2C(C)(C)C)c([2H])c1[2H].[Pt]. The molecule has 13 rings (SSSR count). The second kappa shape index (κ2) is 21.8. The third kappa shape index (κ3) is 10.7. The molecule has 0 spiro atoms. The summed E-state index contributed by atoms with van der Waals surface area (Å²) in [5.41, 5.74) is 10.3. The van der Waals surface area contributed by atoms with Crippen LogP contribution in [0.1, 0.15) is 148 Å². The topological polar surface area (TPSA) is 33.5 Å². The Morgan fingerprint density at radius 3 is 1.85 bits per heavy atom. The molecule has 11 aromatic rings. The van der Waals surface area contributed by atoms with Crippen LogP contribution >= 0.6 is 0 Å². The predicted octanol–water partition coefficient (Wildman–Crippen LogP) is 21.9. The fourth-order valence-electron chi connectivity index (χ4n) is 12.1. The first-order chi connectivity index (χ1) is 45.9. The average molecular weight is 1320 g/mol. The fraction of sp³-hybridized carbons (Fsp3) is 0.250. The predicted molar refractivity (Wildman–Crippen MR) is 357 cm³/mol. The van der Waals surface area contributed by atoms with Crippen LogP contribution in [0, 0.1) is 18.8 Å². The molecule has 0 bridgehead atoms. The number of fused-ring (bicyclic) bond motifs is 5. The van der Waals surface area contributed by atoms with Gasteiger partial charge in [-0.1, -0.05) is 223 Å². The molecule has 86 heavy (non-hydrogen) atoms. The van der Waals surface area contributed by atoms with Gasteiger partial charge in [-0.15, -0.1) is 48.1 Å². The number of benzene rings is 9. The molecule has 0 fully saturated rings. The van der Waals surface area contributed by atoms with Gasteiger partial charge in [0.05, 0.1) is 17.8 Å². The van der Waals surface area contributed by atoms with Crippen molar-refractivity contribution >= 4 is 44.6 Å². The van der Waals surface area contributed by atoms with E-state index in [9.17, 15) is 8.22 Å². The quantitative estimate of drug-likeness (QED) is 0.135. The van der Waals surface area contributed by atoms with Gasteiger partial charge in [0.15, 0.2) is 0 Å². The molecule has 0 unspecified atom stereocenters. The third-order valence-corrected chi connectivity index (χ3v) is 17.1. The molecule has 9 aromatic carbocycles. The molecule has 6 heteroatoms. The number of aromatic nitrogens is 2. The molecule has 1 aliphatic heterocycles. The van der Waals surface area contributed by atoms with E-state index in [-0.39, 0.29) is 131 Å². The van der Waals surface area contributed by atoms with Crippen molar-refractivity contribution < 1.29 is 43.6 Å². The Labute approximate surface area is 543 Å². The molecule has 0 amide bonds. The standard InChI is InChI=1S/C80H77N4O.Pt/c1-76(2,3)57-26-21-25-55(43-57)52-33-35-54(36-34-52)64-45-58(77(4,5)6)46-65(56-37-40-67-69(44-56)80(12,13)42-41-79(67,10)11)75(64)83-51-82(71-31-19-20-32-72(71)83)59-27-22-28-60(47-59)85-61-38-39-63-62-29-17-18-30-70(62)84(73(63)48-61)74-49-68(78(7,8)9)66(50-81-74)53-23-15-14-16-24-53;/h14-40,43-46,49-51H,41-42H2,1-13H3;/q-3;/i14D,15D,16D,17D,18D,23D,24D,29D,30D,33D,34D,35D,36D;. The number of hydrogen-bond donors (Lipinski definition) is 0. The third-order valence-electron chi connectivity index (χ3n) is 17.1. The molecular weight excluding hydrogens is 1230 g/mol. The van der Waals surface area contributed by atoms with Gasteiger partial charge in [-0.2, -0.15) is 12.1 Å². The molecule has 436 valence electrons.